The van der Waals surface area contributed by atoms with E-state index in [9.17, 15) is 9.59 Å². The van der Waals surface area contributed by atoms with Crippen LogP contribution < -0.4 is 5.32 Å². The summed E-state index contributed by atoms with van der Waals surface area (Å²) in [5.74, 6) is -0.437. The number of hydrogen-bond acceptors (Lipinski definition) is 4. The Morgan fingerprint density at radius 3 is 2.64 bits per heavy atom. The molecule has 0 saturated heterocycles. The molecule has 0 spiro atoms. The summed E-state index contributed by atoms with van der Waals surface area (Å²) in [6, 6.07) is 9.60. The van der Waals surface area contributed by atoms with Gasteiger partial charge < -0.3 is 10.1 Å². The second kappa shape index (κ2) is 7.40. The Labute approximate surface area is 152 Å². The molecule has 0 saturated carbocycles. The molecule has 1 heterocycles. The minimum atomic E-state index is -0.843. The highest BCUT2D eigenvalue weighted by Gasteiger charge is 2.23. The lowest BCUT2D eigenvalue weighted by Gasteiger charge is -2.16. The molecule has 0 radical (unpaired) electrons. The number of benzene rings is 1. The van der Waals surface area contributed by atoms with Crippen molar-refractivity contribution < 1.29 is 14.3 Å². The molecule has 1 N–H and O–H groups in total. The maximum absolute atomic E-state index is 12.4. The predicted molar refractivity (Wildman–Crippen MR) is 100 cm³/mol. The Morgan fingerprint density at radius 2 is 1.92 bits per heavy atom. The van der Waals surface area contributed by atoms with Crippen LogP contribution in [0.3, 0.4) is 0 Å². The maximum atomic E-state index is 12.4. The Hall–Kier alpha value is -2.14. The van der Waals surface area contributed by atoms with E-state index in [1.54, 1.807) is 6.92 Å². The fourth-order valence-electron chi connectivity index (χ4n) is 3.05. The highest BCUT2D eigenvalue weighted by molar-refractivity contribution is 7.14. The number of amides is 1. The number of carbonyl (C=O) groups excluding carboxylic acids is 2. The van der Waals surface area contributed by atoms with Crippen molar-refractivity contribution in [1.82, 2.24) is 0 Å². The zero-order chi connectivity index (χ0) is 18.0. The van der Waals surface area contributed by atoms with Crippen molar-refractivity contribution >= 4 is 28.9 Å². The summed E-state index contributed by atoms with van der Waals surface area (Å²) in [4.78, 5) is 26.6. The van der Waals surface area contributed by atoms with Crippen LogP contribution >= 0.6 is 11.3 Å². The fourth-order valence-corrected chi connectivity index (χ4v) is 4.19. The van der Waals surface area contributed by atoms with Crippen LogP contribution in [0.15, 0.2) is 30.3 Å². The molecule has 3 rings (SSSR count). The Bertz CT molecular complexity index is 772. The van der Waals surface area contributed by atoms with Gasteiger partial charge in [-0.05, 0) is 55.4 Å². The lowest BCUT2D eigenvalue weighted by molar-refractivity contribution is -0.123. The first-order valence-electron chi connectivity index (χ1n) is 8.68. The standard InChI is InChI=1S/C20H23NO3S/c1-12(2)15-8-4-5-9-16(15)21-19(22)13(3)24-20(23)18-11-14-7-6-10-17(14)25-18/h4-5,8-9,11-13H,6-7,10H2,1-3H3,(H,21,22)/t13-/m0/s1. The topological polar surface area (TPSA) is 55.4 Å². The molecule has 0 bridgehead atoms. The number of anilines is 1. The minimum Gasteiger partial charge on any atom is -0.448 e. The van der Waals surface area contributed by atoms with Crippen molar-refractivity contribution in [2.24, 2.45) is 0 Å². The fraction of sp³-hybridized carbons (Fsp3) is 0.400. The molecule has 0 fully saturated rings. The number of nitrogens with one attached hydrogen (secondary N) is 1. The van der Waals surface area contributed by atoms with Gasteiger partial charge in [0.2, 0.25) is 0 Å². The number of fused-ring (bicyclic) bond motifs is 1. The summed E-state index contributed by atoms with van der Waals surface area (Å²) in [5.41, 5.74) is 3.07. The van der Waals surface area contributed by atoms with Gasteiger partial charge in [-0.2, -0.15) is 0 Å². The maximum Gasteiger partial charge on any atom is 0.349 e. The van der Waals surface area contributed by atoms with Crippen LogP contribution in [-0.2, 0) is 22.4 Å². The summed E-state index contributed by atoms with van der Waals surface area (Å²) in [7, 11) is 0. The van der Waals surface area contributed by atoms with Gasteiger partial charge in [0.25, 0.3) is 5.91 Å². The molecule has 2 aromatic rings. The van der Waals surface area contributed by atoms with Crippen molar-refractivity contribution in [3.8, 4) is 0 Å². The van der Waals surface area contributed by atoms with Crippen LogP contribution in [0, 0.1) is 0 Å². The number of carbonyl (C=O) groups is 2. The number of thiophene rings is 1. The second-order valence-corrected chi connectivity index (χ2v) is 7.83. The van der Waals surface area contributed by atoms with Crippen LogP contribution in [-0.4, -0.2) is 18.0 Å². The third-order valence-corrected chi connectivity index (χ3v) is 5.66. The molecule has 1 atom stereocenters. The summed E-state index contributed by atoms with van der Waals surface area (Å²) in [5, 5.41) is 2.87. The zero-order valence-electron chi connectivity index (χ0n) is 14.8. The Balaban J connectivity index is 1.63. The normalized spacial score (nSPS) is 14.2. The van der Waals surface area contributed by atoms with Gasteiger partial charge in [-0.15, -0.1) is 11.3 Å². The van der Waals surface area contributed by atoms with Gasteiger partial charge in [0, 0.05) is 10.6 Å². The third-order valence-electron chi connectivity index (χ3n) is 4.44. The first kappa shape index (κ1) is 17.7. The number of para-hydroxylation sites is 1. The molecule has 1 aromatic carbocycles. The van der Waals surface area contributed by atoms with Crippen LogP contribution in [0.2, 0.25) is 0 Å². The summed E-state index contributed by atoms with van der Waals surface area (Å²) in [6.07, 6.45) is 2.38. The number of hydrogen-bond donors (Lipinski definition) is 1. The van der Waals surface area contributed by atoms with Gasteiger partial charge >= 0.3 is 5.97 Å². The molecule has 1 aliphatic rings. The predicted octanol–water partition coefficient (Wildman–Crippen LogP) is 4.54. The van der Waals surface area contributed by atoms with Gasteiger partial charge in [-0.25, -0.2) is 4.79 Å². The third kappa shape index (κ3) is 3.93. The van der Waals surface area contributed by atoms with E-state index in [0.29, 0.717) is 10.8 Å². The van der Waals surface area contributed by atoms with Crippen LogP contribution in [0.25, 0.3) is 0 Å². The quantitative estimate of drug-likeness (QED) is 0.799. The SMILES string of the molecule is CC(C)c1ccccc1NC(=O)[C@H](C)OC(=O)c1cc2c(s1)CCC2. The van der Waals surface area contributed by atoms with E-state index in [4.69, 9.17) is 4.74 Å². The molecule has 5 heteroatoms. The first-order valence-corrected chi connectivity index (χ1v) is 9.49. The number of aryl methyl sites for hydroxylation is 2. The van der Waals surface area contributed by atoms with Crippen molar-refractivity contribution in [2.75, 3.05) is 5.32 Å². The largest absolute Gasteiger partial charge is 0.448 e. The minimum absolute atomic E-state index is 0.294. The van der Waals surface area contributed by atoms with Crippen molar-refractivity contribution in [3.05, 3.63) is 51.2 Å². The lowest BCUT2D eigenvalue weighted by Crippen LogP contribution is -2.30. The zero-order valence-corrected chi connectivity index (χ0v) is 15.6. The number of rotatable bonds is 5. The van der Waals surface area contributed by atoms with Crippen molar-refractivity contribution in [2.45, 2.75) is 52.1 Å². The average molecular weight is 357 g/mol. The molecule has 0 unspecified atom stereocenters. The smallest absolute Gasteiger partial charge is 0.349 e. The molecule has 1 aliphatic carbocycles. The highest BCUT2D eigenvalue weighted by atomic mass is 32.1. The van der Waals surface area contributed by atoms with E-state index >= 15 is 0 Å². The van der Waals surface area contributed by atoms with Gasteiger partial charge in [-0.1, -0.05) is 32.0 Å². The van der Waals surface area contributed by atoms with E-state index in [1.807, 2.05) is 30.3 Å². The molecule has 4 nitrogen and oxygen atoms in total. The van der Waals surface area contributed by atoms with Crippen LogP contribution in [0.1, 0.15) is 58.8 Å². The van der Waals surface area contributed by atoms with Crippen molar-refractivity contribution in [3.63, 3.8) is 0 Å². The second-order valence-electron chi connectivity index (χ2n) is 6.69. The monoisotopic (exact) mass is 357 g/mol. The summed E-state index contributed by atoms with van der Waals surface area (Å²) >= 11 is 1.49. The van der Waals surface area contributed by atoms with Gasteiger partial charge in [0.05, 0.1) is 0 Å². The average Bonchev–Trinajstić information content (AvgIpc) is 3.16. The highest BCUT2D eigenvalue weighted by Crippen LogP contribution is 2.31. The molecule has 1 amide bonds. The Kier molecular flexibility index (Phi) is 5.23. The molecule has 1 aromatic heterocycles. The van der Waals surface area contributed by atoms with Gasteiger partial charge in [0.1, 0.15) is 4.88 Å². The molecule has 132 valence electrons. The van der Waals surface area contributed by atoms with Crippen molar-refractivity contribution in [1.29, 1.82) is 0 Å². The Morgan fingerprint density at radius 1 is 1.16 bits per heavy atom. The molecule has 0 aliphatic heterocycles. The van der Waals surface area contributed by atoms with Crippen LogP contribution in [0.4, 0.5) is 5.69 Å². The van der Waals surface area contributed by atoms with E-state index < -0.39 is 12.1 Å². The number of ether oxygens (including phenoxy) is 1. The van der Waals surface area contributed by atoms with Crippen LogP contribution in [0.5, 0.6) is 0 Å². The van der Waals surface area contributed by atoms with E-state index in [1.165, 1.54) is 21.8 Å². The van der Waals surface area contributed by atoms with Gasteiger partial charge in [-0.3, -0.25) is 4.79 Å². The van der Waals surface area contributed by atoms with Gasteiger partial charge in [0.15, 0.2) is 6.10 Å². The van der Waals surface area contributed by atoms with E-state index in [-0.39, 0.29) is 5.91 Å². The summed E-state index contributed by atoms with van der Waals surface area (Å²) < 4.78 is 5.37. The first-order chi connectivity index (χ1) is 12.0. The number of esters is 1. The summed E-state index contributed by atoms with van der Waals surface area (Å²) in [6.45, 7) is 5.75. The molecular weight excluding hydrogens is 334 g/mol. The lowest BCUT2D eigenvalue weighted by atomic mass is 10.0. The van der Waals surface area contributed by atoms with E-state index in [0.717, 1.165) is 30.5 Å². The molecule has 25 heavy (non-hydrogen) atoms. The molecular formula is C20H23NO3S. The van der Waals surface area contributed by atoms with E-state index in [2.05, 4.69) is 19.2 Å².